The molecule has 0 aliphatic carbocycles. The third-order valence-corrected chi connectivity index (χ3v) is 2.76. The molecule has 3 nitrogen and oxygen atoms in total. The second kappa shape index (κ2) is 4.42. The van der Waals surface area contributed by atoms with E-state index in [2.05, 4.69) is 10.5 Å². The van der Waals surface area contributed by atoms with Crippen molar-refractivity contribution >= 4 is 11.3 Å². The summed E-state index contributed by atoms with van der Waals surface area (Å²) in [7, 11) is 1.64. The van der Waals surface area contributed by atoms with Gasteiger partial charge in [0.25, 0.3) is 0 Å². The lowest BCUT2D eigenvalue weighted by Gasteiger charge is -2.09. The number of nitrogens with zero attached hydrogens (tertiary/aromatic N) is 1. The zero-order valence-corrected chi connectivity index (χ0v) is 9.12. The van der Waals surface area contributed by atoms with E-state index in [0.29, 0.717) is 0 Å². The Labute approximate surface area is 92.5 Å². The number of nitrogens with two attached hydrogens (primary N) is 1. The number of thiazole rings is 1. The Morgan fingerprint density at radius 3 is 2.67 bits per heavy atom. The van der Waals surface area contributed by atoms with Gasteiger partial charge in [-0.25, -0.2) is 4.98 Å². The van der Waals surface area contributed by atoms with Gasteiger partial charge in [-0.15, -0.1) is 11.3 Å². The van der Waals surface area contributed by atoms with Crippen molar-refractivity contribution in [3.05, 3.63) is 46.4 Å². The molecule has 0 spiro atoms. The fourth-order valence-corrected chi connectivity index (χ4v) is 1.85. The molecule has 0 saturated carbocycles. The summed E-state index contributed by atoms with van der Waals surface area (Å²) in [6, 6.07) is 7.50. The van der Waals surface area contributed by atoms with Crippen LogP contribution in [0.5, 0.6) is 5.75 Å². The van der Waals surface area contributed by atoms with Crippen LogP contribution in [0.4, 0.5) is 0 Å². The normalized spacial score (nSPS) is 12.4. The molecule has 1 atom stereocenters. The highest BCUT2D eigenvalue weighted by molar-refractivity contribution is 7.07. The molecule has 1 aromatic carbocycles. The van der Waals surface area contributed by atoms with Crippen molar-refractivity contribution in [2.45, 2.75) is 6.04 Å². The van der Waals surface area contributed by atoms with E-state index in [0.717, 1.165) is 17.0 Å². The number of hydrogen-bond acceptors (Lipinski definition) is 4. The van der Waals surface area contributed by atoms with E-state index < -0.39 is 0 Å². The van der Waals surface area contributed by atoms with Crippen molar-refractivity contribution in [3.63, 3.8) is 0 Å². The Bertz CT molecular complexity index is 411. The van der Waals surface area contributed by atoms with Gasteiger partial charge in [0.15, 0.2) is 5.51 Å². The fraction of sp³-hybridized carbons (Fsp3) is 0.182. The van der Waals surface area contributed by atoms with E-state index in [1.807, 2.05) is 29.6 Å². The predicted molar refractivity (Wildman–Crippen MR) is 60.0 cm³/mol. The summed E-state index contributed by atoms with van der Waals surface area (Å²) in [5.74, 6) is 0.829. The third-order valence-electron chi connectivity index (χ3n) is 2.20. The van der Waals surface area contributed by atoms with E-state index in [1.54, 1.807) is 7.11 Å². The van der Waals surface area contributed by atoms with Gasteiger partial charge in [-0.05, 0) is 17.7 Å². The van der Waals surface area contributed by atoms with Crippen molar-refractivity contribution in [1.82, 2.24) is 4.98 Å². The summed E-state index contributed by atoms with van der Waals surface area (Å²) in [6.07, 6.45) is 0. The summed E-state index contributed by atoms with van der Waals surface area (Å²) < 4.78 is 5.08. The van der Waals surface area contributed by atoms with Crippen LogP contribution in [0.3, 0.4) is 0 Å². The first kappa shape index (κ1) is 10.1. The second-order valence-electron chi connectivity index (χ2n) is 3.11. The number of hydrogen-bond donors (Lipinski definition) is 1. The van der Waals surface area contributed by atoms with Gasteiger partial charge in [0.05, 0.1) is 18.8 Å². The maximum absolute atomic E-state index is 6.04. The minimum Gasteiger partial charge on any atom is -0.497 e. The highest BCUT2D eigenvalue weighted by atomic mass is 32.1. The molecular formula is C11H11N2OS. The van der Waals surface area contributed by atoms with Crippen LogP contribution in [0, 0.1) is 5.51 Å². The average molecular weight is 219 g/mol. The number of benzene rings is 1. The Morgan fingerprint density at radius 2 is 2.13 bits per heavy atom. The van der Waals surface area contributed by atoms with Crippen LogP contribution >= 0.6 is 11.3 Å². The van der Waals surface area contributed by atoms with Crippen LogP contribution in [0.15, 0.2) is 29.6 Å². The zero-order valence-electron chi connectivity index (χ0n) is 8.31. The molecule has 2 rings (SSSR count). The molecule has 0 aliphatic heterocycles. The molecule has 1 radical (unpaired) electrons. The van der Waals surface area contributed by atoms with E-state index in [1.165, 1.54) is 11.3 Å². The summed E-state index contributed by atoms with van der Waals surface area (Å²) in [6.45, 7) is 0. The van der Waals surface area contributed by atoms with Gasteiger partial charge >= 0.3 is 0 Å². The lowest BCUT2D eigenvalue weighted by atomic mass is 10.1. The van der Waals surface area contributed by atoms with E-state index in [4.69, 9.17) is 10.5 Å². The minimum atomic E-state index is -0.182. The molecule has 0 saturated heterocycles. The Morgan fingerprint density at radius 1 is 1.40 bits per heavy atom. The summed E-state index contributed by atoms with van der Waals surface area (Å²) >= 11 is 1.43. The predicted octanol–water partition coefficient (Wildman–Crippen LogP) is 2.00. The van der Waals surface area contributed by atoms with Crippen LogP contribution < -0.4 is 10.5 Å². The summed E-state index contributed by atoms with van der Waals surface area (Å²) in [5.41, 5.74) is 10.7. The van der Waals surface area contributed by atoms with Gasteiger partial charge in [-0.1, -0.05) is 12.1 Å². The topological polar surface area (TPSA) is 48.1 Å². The molecule has 0 amide bonds. The van der Waals surface area contributed by atoms with Crippen molar-refractivity contribution in [2.75, 3.05) is 7.11 Å². The quantitative estimate of drug-likeness (QED) is 0.859. The molecule has 2 aromatic rings. The number of aromatic nitrogens is 1. The Balaban J connectivity index is 2.22. The molecule has 4 heteroatoms. The monoisotopic (exact) mass is 219 g/mol. The highest BCUT2D eigenvalue weighted by Crippen LogP contribution is 2.21. The fourth-order valence-electron chi connectivity index (χ4n) is 1.32. The molecular weight excluding hydrogens is 208 g/mol. The van der Waals surface area contributed by atoms with Gasteiger partial charge in [0.1, 0.15) is 5.75 Å². The minimum absolute atomic E-state index is 0.182. The Hall–Kier alpha value is -1.39. The number of ether oxygens (including phenoxy) is 1. The van der Waals surface area contributed by atoms with E-state index in [-0.39, 0.29) is 6.04 Å². The summed E-state index contributed by atoms with van der Waals surface area (Å²) in [5, 5.41) is 1.91. The Kier molecular flexibility index (Phi) is 2.99. The van der Waals surface area contributed by atoms with Crippen LogP contribution in [0.1, 0.15) is 17.3 Å². The van der Waals surface area contributed by atoms with Crippen molar-refractivity contribution in [3.8, 4) is 5.75 Å². The van der Waals surface area contributed by atoms with Crippen LogP contribution in [0.2, 0.25) is 0 Å². The lowest BCUT2D eigenvalue weighted by Crippen LogP contribution is -2.11. The molecule has 2 N–H and O–H groups in total. The molecule has 15 heavy (non-hydrogen) atoms. The van der Waals surface area contributed by atoms with Crippen molar-refractivity contribution < 1.29 is 4.74 Å². The average Bonchev–Trinajstić information content (AvgIpc) is 2.82. The number of rotatable bonds is 3. The molecule has 0 aliphatic rings. The van der Waals surface area contributed by atoms with Gasteiger partial charge < -0.3 is 10.5 Å². The van der Waals surface area contributed by atoms with E-state index >= 15 is 0 Å². The molecule has 77 valence electrons. The second-order valence-corrected chi connectivity index (χ2v) is 3.77. The van der Waals surface area contributed by atoms with Crippen molar-refractivity contribution in [1.29, 1.82) is 0 Å². The molecule has 1 unspecified atom stereocenters. The molecule has 1 aromatic heterocycles. The first-order valence-electron chi connectivity index (χ1n) is 4.52. The smallest absolute Gasteiger partial charge is 0.152 e. The first-order valence-corrected chi connectivity index (χ1v) is 5.40. The van der Waals surface area contributed by atoms with E-state index in [9.17, 15) is 0 Å². The maximum Gasteiger partial charge on any atom is 0.152 e. The third kappa shape index (κ3) is 2.16. The van der Waals surface area contributed by atoms with Crippen LogP contribution in [-0.4, -0.2) is 12.1 Å². The largest absolute Gasteiger partial charge is 0.497 e. The maximum atomic E-state index is 6.04. The SMILES string of the molecule is COc1ccc(C(N)c2cs[c]n2)cc1. The van der Waals surface area contributed by atoms with Crippen LogP contribution in [0.25, 0.3) is 0 Å². The van der Waals surface area contributed by atoms with Gasteiger partial charge in [0, 0.05) is 5.38 Å². The van der Waals surface area contributed by atoms with Gasteiger partial charge in [-0.2, -0.15) is 0 Å². The van der Waals surface area contributed by atoms with Gasteiger partial charge in [-0.3, -0.25) is 0 Å². The molecule has 0 fully saturated rings. The first-order chi connectivity index (χ1) is 7.31. The van der Waals surface area contributed by atoms with Crippen molar-refractivity contribution in [2.24, 2.45) is 5.73 Å². The standard InChI is InChI=1S/C11H11N2OS/c1-14-9-4-2-8(3-5-9)11(12)10-6-15-7-13-10/h2-6,11H,12H2,1H3. The van der Waals surface area contributed by atoms with Crippen LogP contribution in [-0.2, 0) is 0 Å². The zero-order chi connectivity index (χ0) is 10.7. The van der Waals surface area contributed by atoms with Gasteiger partial charge in [0.2, 0.25) is 0 Å². The lowest BCUT2D eigenvalue weighted by molar-refractivity contribution is 0.414. The number of methoxy groups -OCH3 is 1. The molecule has 0 bridgehead atoms. The summed E-state index contributed by atoms with van der Waals surface area (Å²) in [4.78, 5) is 4.07. The highest BCUT2D eigenvalue weighted by Gasteiger charge is 2.10. The molecule has 1 heterocycles.